The molecule has 0 spiro atoms. The Kier molecular flexibility index (Phi) is 90.6. The first-order valence-electron chi connectivity index (χ1n) is 26.8. The van der Waals surface area contributed by atoms with Crippen molar-refractivity contribution in [1.82, 2.24) is 29.9 Å². The lowest BCUT2D eigenvalue weighted by Crippen LogP contribution is -1.90. The molecule has 0 saturated heterocycles. The molecule has 6 rings (SSSR count). The SMILES string of the molecule is C.C.C.C.C/C=C/CC.C=CCC.C=CCC.CC.CCC/C=C/c1cc(C)ccn1.CCCCC.CCCCCc1cc(C)ccn1.Cc1ccnc(Br)c1.Cc1ccncc1.Cc1ccncc1.Cc1ccncc1. The van der Waals surface area contributed by atoms with Gasteiger partial charge in [0, 0.05) is 61.5 Å². The molecule has 436 valence electrons. The normalized spacial score (nSPS) is 8.53. The van der Waals surface area contributed by atoms with Crippen LogP contribution in [0.4, 0.5) is 0 Å². The van der Waals surface area contributed by atoms with E-state index in [2.05, 4.69) is 158 Å². The minimum absolute atomic E-state index is 0. The zero-order chi connectivity index (χ0) is 56.0. The Morgan fingerprint density at radius 1 is 0.429 bits per heavy atom. The molecule has 0 aliphatic rings. The number of rotatable bonds is 12. The molecule has 6 aromatic rings. The van der Waals surface area contributed by atoms with Crippen LogP contribution < -0.4 is 0 Å². The predicted octanol–water partition coefficient (Wildman–Crippen LogP) is 23.6. The minimum Gasteiger partial charge on any atom is -0.265 e. The smallest absolute Gasteiger partial charge is 0.106 e. The first-order chi connectivity index (χ1) is 35.3. The van der Waals surface area contributed by atoms with E-state index in [9.17, 15) is 0 Å². The lowest BCUT2D eigenvalue weighted by molar-refractivity contribution is 0.707. The third-order valence-corrected chi connectivity index (χ3v) is 9.30. The van der Waals surface area contributed by atoms with E-state index in [1.165, 1.54) is 84.0 Å². The molecule has 0 atom stereocenters. The van der Waals surface area contributed by atoms with Crippen molar-refractivity contribution in [2.24, 2.45) is 0 Å². The van der Waals surface area contributed by atoms with E-state index < -0.39 is 0 Å². The van der Waals surface area contributed by atoms with Gasteiger partial charge in [-0.2, -0.15) is 0 Å². The van der Waals surface area contributed by atoms with E-state index in [-0.39, 0.29) is 29.7 Å². The molecule has 6 nitrogen and oxygen atoms in total. The fraction of sp³-hybridized carbons (Fsp3) is 0.457. The standard InChI is InChI=1S/C11H17N.C11H15N.C6H6BrN.3C6H7N.C5H12.C5H10.2C4H8.C2H6.4CH4/c2*1-3-4-5-6-11-9-10(2)7-8-12-11;1-5-2-3-8-6(7)4-5;3*1-6-2-4-7-5-3-6;2*1-3-5-4-2;2*1-3-4-2;1-2;;;;/h7-9H,3-6H2,1-2H3;5-9H,3-4H2,1-2H3;2-4H,1H3;3*2-5H,1H3;3-5H2,1-2H3;3,5H,4H2,1-2H3;2*3H,1,4H2,2H3;1-2H3;4*1H4/b;6-5+;;;;;;5-3+;;;;;;;. The molecule has 0 amide bonds. The van der Waals surface area contributed by atoms with Crippen molar-refractivity contribution in [3.63, 3.8) is 0 Å². The van der Waals surface area contributed by atoms with E-state index in [1.54, 1.807) is 43.4 Å². The maximum absolute atomic E-state index is 4.31. The van der Waals surface area contributed by atoms with Gasteiger partial charge in [0.25, 0.3) is 0 Å². The van der Waals surface area contributed by atoms with E-state index in [0.717, 1.165) is 42.4 Å². The molecule has 0 unspecified atom stereocenters. The highest BCUT2D eigenvalue weighted by Gasteiger charge is 1.94. The van der Waals surface area contributed by atoms with Gasteiger partial charge in [0.15, 0.2) is 0 Å². The van der Waals surface area contributed by atoms with Crippen molar-refractivity contribution < 1.29 is 0 Å². The molecular weight excluding hydrogens is 1000 g/mol. The number of nitrogens with zero attached hydrogens (tertiary/aromatic N) is 6. The fourth-order valence-electron chi connectivity index (χ4n) is 4.68. The number of hydrogen-bond donors (Lipinski definition) is 0. The Balaban J connectivity index is -0.0000000963. The topological polar surface area (TPSA) is 77.3 Å². The summed E-state index contributed by atoms with van der Waals surface area (Å²) in [6.45, 7) is 40.4. The second-order valence-electron chi connectivity index (χ2n) is 16.2. The summed E-state index contributed by atoms with van der Waals surface area (Å²) < 4.78 is 0.900. The number of halogens is 1. The number of unbranched alkanes of at least 4 members (excludes halogenated alkanes) is 5. The van der Waals surface area contributed by atoms with Crippen LogP contribution in [0.15, 0.2) is 177 Å². The van der Waals surface area contributed by atoms with E-state index in [1.807, 2.05) is 134 Å². The molecule has 6 aromatic heterocycles. The quantitative estimate of drug-likeness (QED) is 0.0690. The average molecular weight is 1120 g/mol. The molecular formula is C70H119BrN6. The third-order valence-electron chi connectivity index (χ3n) is 8.87. The molecule has 0 saturated carbocycles. The summed E-state index contributed by atoms with van der Waals surface area (Å²) in [5, 5.41) is 0. The summed E-state index contributed by atoms with van der Waals surface area (Å²) >= 11 is 3.25. The summed E-state index contributed by atoms with van der Waals surface area (Å²) in [6, 6.07) is 24.1. The van der Waals surface area contributed by atoms with Gasteiger partial charge in [0.1, 0.15) is 4.60 Å². The zero-order valence-corrected chi connectivity index (χ0v) is 50.6. The molecule has 0 fully saturated rings. The van der Waals surface area contributed by atoms with Gasteiger partial charge in [-0.15, -0.1) is 13.2 Å². The van der Waals surface area contributed by atoms with Crippen LogP contribution in [0.25, 0.3) is 6.08 Å². The summed E-state index contributed by atoms with van der Waals surface area (Å²) in [5.41, 5.74) is 9.89. The number of hydrogen-bond acceptors (Lipinski definition) is 6. The third kappa shape index (κ3) is 79.4. The lowest BCUT2D eigenvalue weighted by atomic mass is 10.1. The first kappa shape index (κ1) is 90.8. The van der Waals surface area contributed by atoms with Gasteiger partial charge in [0.05, 0.1) is 5.69 Å². The monoisotopic (exact) mass is 1120 g/mol. The number of pyridine rings is 6. The van der Waals surface area contributed by atoms with Gasteiger partial charge >= 0.3 is 0 Å². The predicted molar refractivity (Wildman–Crippen MR) is 358 cm³/mol. The van der Waals surface area contributed by atoms with Crippen molar-refractivity contribution in [2.45, 2.75) is 218 Å². The Morgan fingerprint density at radius 2 is 0.792 bits per heavy atom. The van der Waals surface area contributed by atoms with Crippen LogP contribution in [0.2, 0.25) is 0 Å². The average Bonchev–Trinajstić information content (AvgIpc) is 3.40. The number of aryl methyl sites for hydroxylation is 7. The van der Waals surface area contributed by atoms with Crippen LogP contribution >= 0.6 is 15.9 Å². The van der Waals surface area contributed by atoms with Crippen LogP contribution in [-0.4, -0.2) is 29.9 Å². The largest absolute Gasteiger partial charge is 0.265 e. The van der Waals surface area contributed by atoms with Gasteiger partial charge in [0.2, 0.25) is 0 Å². The Bertz CT molecular complexity index is 1940. The fourth-order valence-corrected chi connectivity index (χ4v) is 5.16. The number of allylic oxidation sites excluding steroid dienone is 5. The van der Waals surface area contributed by atoms with Crippen molar-refractivity contribution in [2.75, 3.05) is 0 Å². The summed E-state index contributed by atoms with van der Waals surface area (Å²) in [6.07, 6.45) is 43.2. The molecule has 0 N–H and O–H groups in total. The number of aromatic nitrogens is 6. The van der Waals surface area contributed by atoms with Crippen LogP contribution in [0.1, 0.15) is 214 Å². The minimum atomic E-state index is 0. The van der Waals surface area contributed by atoms with E-state index in [4.69, 9.17) is 0 Å². The Labute approximate surface area is 488 Å². The second kappa shape index (κ2) is 76.8. The van der Waals surface area contributed by atoms with Crippen LogP contribution in [0.3, 0.4) is 0 Å². The molecule has 7 heteroatoms. The summed E-state index contributed by atoms with van der Waals surface area (Å²) in [7, 11) is 0. The van der Waals surface area contributed by atoms with Gasteiger partial charge in [-0.1, -0.05) is 161 Å². The van der Waals surface area contributed by atoms with Crippen LogP contribution in [0.5, 0.6) is 0 Å². The summed E-state index contributed by atoms with van der Waals surface area (Å²) in [5.74, 6) is 0. The van der Waals surface area contributed by atoms with Crippen LogP contribution in [0, 0.1) is 41.5 Å². The molecule has 6 heterocycles. The van der Waals surface area contributed by atoms with E-state index in [0.29, 0.717) is 0 Å². The Hall–Kier alpha value is -5.66. The molecule has 0 aliphatic carbocycles. The van der Waals surface area contributed by atoms with Crippen molar-refractivity contribution in [3.05, 3.63) is 221 Å². The molecule has 0 bridgehead atoms. The molecule has 0 aromatic carbocycles. The van der Waals surface area contributed by atoms with Gasteiger partial charge in [-0.05, 0) is 215 Å². The van der Waals surface area contributed by atoms with Gasteiger partial charge < -0.3 is 0 Å². The Morgan fingerprint density at radius 3 is 1.04 bits per heavy atom. The first-order valence-corrected chi connectivity index (χ1v) is 27.6. The van der Waals surface area contributed by atoms with Gasteiger partial charge in [-0.3, -0.25) is 24.9 Å². The van der Waals surface area contributed by atoms with E-state index >= 15 is 0 Å². The summed E-state index contributed by atoms with van der Waals surface area (Å²) in [4.78, 5) is 24.0. The van der Waals surface area contributed by atoms with Crippen LogP contribution in [-0.2, 0) is 6.42 Å². The molecule has 0 aliphatic heterocycles. The lowest BCUT2D eigenvalue weighted by Gasteiger charge is -1.99. The molecule has 0 radical (unpaired) electrons. The van der Waals surface area contributed by atoms with Crippen molar-refractivity contribution in [3.8, 4) is 0 Å². The highest BCUT2D eigenvalue weighted by Crippen LogP contribution is 2.07. The zero-order valence-electron chi connectivity index (χ0n) is 49.0. The maximum Gasteiger partial charge on any atom is 0.106 e. The molecule has 77 heavy (non-hydrogen) atoms. The second-order valence-corrected chi connectivity index (χ2v) is 17.0. The highest BCUT2D eigenvalue weighted by molar-refractivity contribution is 9.10. The van der Waals surface area contributed by atoms with Crippen molar-refractivity contribution in [1.29, 1.82) is 0 Å². The maximum atomic E-state index is 4.31. The van der Waals surface area contributed by atoms with Gasteiger partial charge in [-0.25, -0.2) is 4.98 Å². The van der Waals surface area contributed by atoms with Crippen molar-refractivity contribution >= 4 is 22.0 Å². The highest BCUT2D eigenvalue weighted by atomic mass is 79.9.